The molecule has 0 unspecified atom stereocenters. The lowest BCUT2D eigenvalue weighted by atomic mass is 10.3. The van der Waals surface area contributed by atoms with Gasteiger partial charge in [0, 0.05) is 5.69 Å². The molecule has 3 rings (SSSR count). The lowest BCUT2D eigenvalue weighted by molar-refractivity contribution is -0.113. The minimum absolute atomic E-state index is 0.171. The van der Waals surface area contributed by atoms with Crippen molar-refractivity contribution in [3.63, 3.8) is 0 Å². The van der Waals surface area contributed by atoms with Crippen LogP contribution in [0.4, 0.5) is 10.1 Å². The molecule has 6 heteroatoms. The lowest BCUT2D eigenvalue weighted by Crippen LogP contribution is -2.13. The van der Waals surface area contributed by atoms with Crippen LogP contribution < -0.4 is 5.32 Å². The number of nitrogens with zero attached hydrogens (tertiary/aromatic N) is 1. The summed E-state index contributed by atoms with van der Waals surface area (Å²) in [5.74, 6) is -0.368. The average Bonchev–Trinajstić information content (AvgIpc) is 2.90. The number of carbonyl (C=O) groups is 1. The molecule has 106 valence electrons. The first-order valence-corrected chi connectivity index (χ1v) is 7.23. The van der Waals surface area contributed by atoms with E-state index in [2.05, 4.69) is 10.3 Å². The number of carbonyl (C=O) groups excluding carboxylic acids is 1. The van der Waals surface area contributed by atoms with Crippen LogP contribution in [0.3, 0.4) is 0 Å². The normalized spacial score (nSPS) is 10.7. The molecule has 0 saturated carbocycles. The molecular weight excluding hydrogens is 291 g/mol. The molecule has 1 heterocycles. The number of hydrogen-bond acceptors (Lipinski definition) is 4. The first kappa shape index (κ1) is 13.6. The minimum atomic E-state index is -0.339. The van der Waals surface area contributed by atoms with Crippen molar-refractivity contribution >= 4 is 34.5 Å². The highest BCUT2D eigenvalue weighted by Gasteiger charge is 2.09. The Hall–Kier alpha value is -2.34. The van der Waals surface area contributed by atoms with Gasteiger partial charge < -0.3 is 9.73 Å². The quantitative estimate of drug-likeness (QED) is 0.747. The highest BCUT2D eigenvalue weighted by Crippen LogP contribution is 2.23. The van der Waals surface area contributed by atoms with Crippen molar-refractivity contribution in [1.29, 1.82) is 0 Å². The van der Waals surface area contributed by atoms with Crippen LogP contribution in [0.2, 0.25) is 0 Å². The molecule has 1 amide bonds. The molecule has 0 spiro atoms. The number of benzene rings is 2. The summed E-state index contributed by atoms with van der Waals surface area (Å²) in [4.78, 5) is 16.1. The van der Waals surface area contributed by atoms with Gasteiger partial charge in [0.25, 0.3) is 5.22 Å². The molecule has 0 aliphatic carbocycles. The van der Waals surface area contributed by atoms with E-state index >= 15 is 0 Å². The van der Waals surface area contributed by atoms with Crippen molar-refractivity contribution in [2.75, 3.05) is 11.1 Å². The second-order valence-corrected chi connectivity index (χ2v) is 5.22. The number of anilines is 1. The third kappa shape index (κ3) is 3.41. The summed E-state index contributed by atoms with van der Waals surface area (Å²) in [5.41, 5.74) is 2.01. The largest absolute Gasteiger partial charge is 0.431 e. The molecule has 1 aromatic heterocycles. The number of hydrogen-bond donors (Lipinski definition) is 1. The summed E-state index contributed by atoms with van der Waals surface area (Å²) in [5, 5.41) is 3.13. The van der Waals surface area contributed by atoms with E-state index < -0.39 is 0 Å². The van der Waals surface area contributed by atoms with Gasteiger partial charge in [0.2, 0.25) is 5.91 Å². The van der Waals surface area contributed by atoms with Crippen LogP contribution in [0.15, 0.2) is 58.2 Å². The third-order valence-corrected chi connectivity index (χ3v) is 3.56. The van der Waals surface area contributed by atoms with E-state index in [0.29, 0.717) is 16.5 Å². The fourth-order valence-corrected chi connectivity index (χ4v) is 2.41. The maximum Gasteiger partial charge on any atom is 0.257 e. The average molecular weight is 302 g/mol. The van der Waals surface area contributed by atoms with E-state index in [1.807, 2.05) is 24.3 Å². The minimum Gasteiger partial charge on any atom is -0.431 e. The maximum atomic E-state index is 12.8. The van der Waals surface area contributed by atoms with Crippen LogP contribution >= 0.6 is 11.8 Å². The molecule has 0 aliphatic heterocycles. The van der Waals surface area contributed by atoms with E-state index in [0.717, 1.165) is 5.52 Å². The van der Waals surface area contributed by atoms with Gasteiger partial charge in [0.15, 0.2) is 5.58 Å². The number of fused-ring (bicyclic) bond motifs is 1. The number of oxazole rings is 1. The van der Waals surface area contributed by atoms with Crippen molar-refractivity contribution < 1.29 is 13.6 Å². The Morgan fingerprint density at radius 2 is 1.95 bits per heavy atom. The van der Waals surface area contributed by atoms with Crippen molar-refractivity contribution in [2.24, 2.45) is 0 Å². The summed E-state index contributed by atoms with van der Waals surface area (Å²) in [6.07, 6.45) is 0. The highest BCUT2D eigenvalue weighted by atomic mass is 32.2. The van der Waals surface area contributed by atoms with Gasteiger partial charge in [-0.2, -0.15) is 0 Å². The molecule has 2 aromatic carbocycles. The van der Waals surface area contributed by atoms with Crippen molar-refractivity contribution in [3.8, 4) is 0 Å². The Bertz CT molecular complexity index is 738. The molecule has 4 nitrogen and oxygen atoms in total. The molecule has 0 bridgehead atoms. The number of amides is 1. The number of para-hydroxylation sites is 2. The first-order valence-electron chi connectivity index (χ1n) is 6.24. The van der Waals surface area contributed by atoms with E-state index in [1.165, 1.54) is 36.0 Å². The van der Waals surface area contributed by atoms with Crippen LogP contribution in [-0.4, -0.2) is 16.6 Å². The second kappa shape index (κ2) is 5.97. The van der Waals surface area contributed by atoms with Gasteiger partial charge in [-0.25, -0.2) is 9.37 Å². The predicted octanol–water partition coefficient (Wildman–Crippen LogP) is 3.70. The summed E-state index contributed by atoms with van der Waals surface area (Å²) >= 11 is 1.21. The smallest absolute Gasteiger partial charge is 0.257 e. The molecule has 0 radical (unpaired) electrons. The summed E-state index contributed by atoms with van der Waals surface area (Å²) in [6, 6.07) is 13.0. The van der Waals surface area contributed by atoms with E-state index in [-0.39, 0.29) is 17.5 Å². The Kier molecular flexibility index (Phi) is 3.87. The number of nitrogens with one attached hydrogen (secondary N) is 1. The molecule has 1 N–H and O–H groups in total. The first-order chi connectivity index (χ1) is 10.2. The number of aromatic nitrogens is 1. The highest BCUT2D eigenvalue weighted by molar-refractivity contribution is 7.99. The topological polar surface area (TPSA) is 55.1 Å². The molecule has 0 fully saturated rings. The van der Waals surface area contributed by atoms with E-state index in [1.54, 1.807) is 0 Å². The van der Waals surface area contributed by atoms with Gasteiger partial charge in [-0.1, -0.05) is 23.9 Å². The Morgan fingerprint density at radius 3 is 2.71 bits per heavy atom. The number of rotatable bonds is 4. The Morgan fingerprint density at radius 1 is 1.19 bits per heavy atom. The summed E-state index contributed by atoms with van der Waals surface area (Å²) in [7, 11) is 0. The van der Waals surface area contributed by atoms with E-state index in [9.17, 15) is 9.18 Å². The second-order valence-electron chi connectivity index (χ2n) is 4.29. The zero-order valence-electron chi connectivity index (χ0n) is 10.9. The molecule has 0 saturated heterocycles. The van der Waals surface area contributed by atoms with Crippen LogP contribution in [0, 0.1) is 5.82 Å². The summed E-state index contributed by atoms with van der Waals surface area (Å²) in [6.45, 7) is 0. The van der Waals surface area contributed by atoms with Gasteiger partial charge in [-0.3, -0.25) is 4.79 Å². The van der Waals surface area contributed by atoms with Crippen molar-refractivity contribution in [2.45, 2.75) is 5.22 Å². The predicted molar refractivity (Wildman–Crippen MR) is 79.8 cm³/mol. The number of halogens is 1. The zero-order chi connectivity index (χ0) is 14.7. The lowest BCUT2D eigenvalue weighted by Gasteiger charge is -2.03. The van der Waals surface area contributed by atoms with Crippen LogP contribution in [0.1, 0.15) is 0 Å². The summed E-state index contributed by atoms with van der Waals surface area (Å²) < 4.78 is 18.3. The van der Waals surface area contributed by atoms with Crippen LogP contribution in [0.5, 0.6) is 0 Å². The van der Waals surface area contributed by atoms with Gasteiger partial charge in [0.05, 0.1) is 5.75 Å². The fraction of sp³-hybridized carbons (Fsp3) is 0.0667. The van der Waals surface area contributed by atoms with Crippen molar-refractivity contribution in [3.05, 3.63) is 54.3 Å². The van der Waals surface area contributed by atoms with E-state index in [4.69, 9.17) is 4.42 Å². The maximum absolute atomic E-state index is 12.8. The Labute approximate surface area is 124 Å². The van der Waals surface area contributed by atoms with Gasteiger partial charge in [-0.15, -0.1) is 0 Å². The standard InChI is InChI=1S/C15H11FN2O2S/c16-10-5-7-11(8-6-10)17-14(19)9-21-15-18-12-3-1-2-4-13(12)20-15/h1-8H,9H2,(H,17,19). The fourth-order valence-electron chi connectivity index (χ4n) is 1.77. The monoisotopic (exact) mass is 302 g/mol. The van der Waals surface area contributed by atoms with Gasteiger partial charge in [0.1, 0.15) is 11.3 Å². The zero-order valence-corrected chi connectivity index (χ0v) is 11.7. The molecule has 0 atom stereocenters. The molecule has 0 aliphatic rings. The molecule has 3 aromatic rings. The molecular formula is C15H11FN2O2S. The van der Waals surface area contributed by atoms with Crippen molar-refractivity contribution in [1.82, 2.24) is 4.98 Å². The van der Waals surface area contributed by atoms with Crippen LogP contribution in [0.25, 0.3) is 11.1 Å². The van der Waals surface area contributed by atoms with Gasteiger partial charge >= 0.3 is 0 Å². The van der Waals surface area contributed by atoms with Crippen LogP contribution in [-0.2, 0) is 4.79 Å². The number of thioether (sulfide) groups is 1. The van der Waals surface area contributed by atoms with Gasteiger partial charge in [-0.05, 0) is 36.4 Å². The SMILES string of the molecule is O=C(CSc1nc2ccccc2o1)Nc1ccc(F)cc1. The Balaban J connectivity index is 1.59. The molecule has 21 heavy (non-hydrogen) atoms. The third-order valence-electron chi connectivity index (χ3n) is 2.73.